The van der Waals surface area contributed by atoms with E-state index in [1.807, 2.05) is 0 Å². The van der Waals surface area contributed by atoms with Crippen LogP contribution in [0.2, 0.25) is 5.02 Å². The molecule has 1 aliphatic heterocycles. The first-order chi connectivity index (χ1) is 8.59. The van der Waals surface area contributed by atoms with Crippen molar-refractivity contribution in [3.05, 3.63) is 23.2 Å². The average molecular weight is 285 g/mol. The minimum Gasteiger partial charge on any atom is -0.398 e. The zero-order chi connectivity index (χ0) is 13.1. The highest BCUT2D eigenvalue weighted by Gasteiger charge is 2.28. The van der Waals surface area contributed by atoms with Crippen LogP contribution in [0.3, 0.4) is 0 Å². The summed E-state index contributed by atoms with van der Waals surface area (Å²) in [7, 11) is 0. The third-order valence-electron chi connectivity index (χ3n) is 2.71. The third-order valence-corrected chi connectivity index (χ3v) is 4.27. The van der Waals surface area contributed by atoms with Crippen LogP contribution in [0.25, 0.3) is 0 Å². The molecule has 2 N–H and O–H groups in total. The molecule has 0 saturated carbocycles. The number of nitrogens with two attached hydrogens (primary N) is 1. The van der Waals surface area contributed by atoms with Gasteiger partial charge in [-0.2, -0.15) is 0 Å². The van der Waals surface area contributed by atoms with Crippen LogP contribution >= 0.6 is 23.4 Å². The fraction of sp³-hybridized carbons (Fsp3) is 0.333. The van der Waals surface area contributed by atoms with Gasteiger partial charge in [0.15, 0.2) is 0 Å². The second kappa shape index (κ2) is 5.63. The molecule has 1 aliphatic rings. The summed E-state index contributed by atoms with van der Waals surface area (Å²) in [6.07, 6.45) is 0.662. The first-order valence-corrected chi connectivity index (χ1v) is 6.96. The van der Waals surface area contributed by atoms with Gasteiger partial charge in [-0.15, -0.1) is 11.8 Å². The number of benzene rings is 1. The second-order valence-electron chi connectivity index (χ2n) is 3.95. The van der Waals surface area contributed by atoms with Gasteiger partial charge in [0.05, 0.1) is 5.02 Å². The fourth-order valence-electron chi connectivity index (χ4n) is 1.79. The average Bonchev–Trinajstić information content (AvgIpc) is 2.64. The van der Waals surface area contributed by atoms with Crippen LogP contribution in [-0.2, 0) is 9.59 Å². The molecule has 18 heavy (non-hydrogen) atoms. The zero-order valence-electron chi connectivity index (χ0n) is 9.69. The van der Waals surface area contributed by atoms with Crippen molar-refractivity contribution in [2.75, 3.05) is 18.0 Å². The summed E-state index contributed by atoms with van der Waals surface area (Å²) < 4.78 is 0. The molecule has 2 amide bonds. The van der Waals surface area contributed by atoms with E-state index in [1.165, 1.54) is 16.7 Å². The van der Waals surface area contributed by atoms with Gasteiger partial charge in [-0.05, 0) is 12.1 Å². The molecule has 1 saturated heterocycles. The van der Waals surface area contributed by atoms with E-state index in [2.05, 4.69) is 0 Å². The number of carbonyl (C=O) groups is 2. The number of carbonyl (C=O) groups excluding carboxylic acids is 2. The quantitative estimate of drug-likeness (QED) is 0.523. The van der Waals surface area contributed by atoms with Gasteiger partial charge in [0.2, 0.25) is 11.8 Å². The maximum atomic E-state index is 11.4. The van der Waals surface area contributed by atoms with Crippen LogP contribution in [0.1, 0.15) is 12.8 Å². The van der Waals surface area contributed by atoms with Gasteiger partial charge in [-0.3, -0.25) is 14.5 Å². The van der Waals surface area contributed by atoms with E-state index in [1.54, 1.807) is 18.2 Å². The van der Waals surface area contributed by atoms with Gasteiger partial charge < -0.3 is 5.73 Å². The summed E-state index contributed by atoms with van der Waals surface area (Å²) in [5.74, 6) is 0.422. The van der Waals surface area contributed by atoms with E-state index >= 15 is 0 Å². The third kappa shape index (κ3) is 2.79. The molecule has 0 spiro atoms. The number of amides is 2. The van der Waals surface area contributed by atoms with Crippen molar-refractivity contribution < 1.29 is 9.59 Å². The van der Waals surface area contributed by atoms with Crippen LogP contribution in [0.4, 0.5) is 5.69 Å². The summed E-state index contributed by atoms with van der Waals surface area (Å²) in [5, 5.41) is 0.596. The number of thioether (sulfide) groups is 1. The van der Waals surface area contributed by atoms with E-state index in [-0.39, 0.29) is 11.8 Å². The van der Waals surface area contributed by atoms with Crippen molar-refractivity contribution in [1.29, 1.82) is 0 Å². The lowest BCUT2D eigenvalue weighted by molar-refractivity contribution is -0.137. The lowest BCUT2D eigenvalue weighted by Crippen LogP contribution is -2.31. The molecule has 1 heterocycles. The van der Waals surface area contributed by atoms with Gasteiger partial charge in [0.25, 0.3) is 0 Å². The van der Waals surface area contributed by atoms with Crippen LogP contribution in [-0.4, -0.2) is 29.0 Å². The SMILES string of the molecule is Nc1cccc(Cl)c1SCCN1C(=O)CCC1=O. The van der Waals surface area contributed by atoms with Crippen molar-refractivity contribution in [3.8, 4) is 0 Å². The smallest absolute Gasteiger partial charge is 0.229 e. The molecular weight excluding hydrogens is 272 g/mol. The molecule has 0 aliphatic carbocycles. The topological polar surface area (TPSA) is 63.4 Å². The standard InChI is InChI=1S/C12H13ClN2O2S/c13-8-2-1-3-9(14)12(8)18-7-6-15-10(16)4-5-11(15)17/h1-3H,4-7,14H2. The molecule has 6 heteroatoms. The highest BCUT2D eigenvalue weighted by Crippen LogP contribution is 2.32. The molecule has 4 nitrogen and oxygen atoms in total. The summed E-state index contributed by atoms with van der Waals surface area (Å²) in [5.41, 5.74) is 6.43. The van der Waals surface area contributed by atoms with E-state index in [0.29, 0.717) is 35.8 Å². The number of hydrogen-bond acceptors (Lipinski definition) is 4. The summed E-state index contributed by atoms with van der Waals surface area (Å²) in [6, 6.07) is 5.34. The van der Waals surface area contributed by atoms with Gasteiger partial charge >= 0.3 is 0 Å². The Bertz CT molecular complexity index is 457. The fourth-order valence-corrected chi connectivity index (χ4v) is 3.05. The molecule has 1 aromatic carbocycles. The van der Waals surface area contributed by atoms with Crippen molar-refractivity contribution in [3.63, 3.8) is 0 Å². The molecule has 0 aromatic heterocycles. The van der Waals surface area contributed by atoms with Crippen LogP contribution < -0.4 is 5.73 Å². The number of nitrogens with zero attached hydrogens (tertiary/aromatic N) is 1. The molecule has 1 fully saturated rings. The largest absolute Gasteiger partial charge is 0.398 e. The summed E-state index contributed by atoms with van der Waals surface area (Å²) in [6.45, 7) is 0.410. The first kappa shape index (κ1) is 13.2. The van der Waals surface area contributed by atoms with Gasteiger partial charge in [-0.1, -0.05) is 17.7 Å². The van der Waals surface area contributed by atoms with Crippen LogP contribution in [0.5, 0.6) is 0 Å². The number of hydrogen-bond donors (Lipinski definition) is 1. The molecule has 96 valence electrons. The first-order valence-electron chi connectivity index (χ1n) is 5.59. The van der Waals surface area contributed by atoms with Gasteiger partial charge in [0, 0.05) is 35.7 Å². The predicted molar refractivity (Wildman–Crippen MR) is 72.5 cm³/mol. The predicted octanol–water partition coefficient (Wildman–Crippen LogP) is 2.16. The Hall–Kier alpha value is -1.20. The number of halogens is 1. The van der Waals surface area contributed by atoms with Gasteiger partial charge in [0.1, 0.15) is 0 Å². The molecule has 1 aromatic rings. The van der Waals surface area contributed by atoms with Crippen molar-refractivity contribution in [2.24, 2.45) is 0 Å². The van der Waals surface area contributed by atoms with Crippen molar-refractivity contribution >= 4 is 40.9 Å². The number of imide groups is 1. The lowest BCUT2D eigenvalue weighted by atomic mass is 10.3. The van der Waals surface area contributed by atoms with Crippen LogP contribution in [0.15, 0.2) is 23.1 Å². The summed E-state index contributed by atoms with van der Waals surface area (Å²) >= 11 is 7.50. The molecular formula is C12H13ClN2O2S. The van der Waals surface area contributed by atoms with E-state index in [4.69, 9.17) is 17.3 Å². The molecule has 0 radical (unpaired) electrons. The number of anilines is 1. The minimum atomic E-state index is -0.0901. The zero-order valence-corrected chi connectivity index (χ0v) is 11.3. The highest BCUT2D eigenvalue weighted by molar-refractivity contribution is 7.99. The Morgan fingerprint density at radius 2 is 1.94 bits per heavy atom. The number of nitrogen functional groups attached to an aromatic ring is 1. The molecule has 0 atom stereocenters. The van der Waals surface area contributed by atoms with E-state index < -0.39 is 0 Å². The number of likely N-dealkylation sites (tertiary alicyclic amines) is 1. The maximum absolute atomic E-state index is 11.4. The normalized spacial score (nSPS) is 15.5. The van der Waals surface area contributed by atoms with Crippen molar-refractivity contribution in [1.82, 2.24) is 4.90 Å². The summed E-state index contributed by atoms with van der Waals surface area (Å²) in [4.78, 5) is 24.9. The Morgan fingerprint density at radius 3 is 2.56 bits per heavy atom. The Balaban J connectivity index is 1.93. The van der Waals surface area contributed by atoms with E-state index in [0.717, 1.165) is 4.90 Å². The molecule has 0 bridgehead atoms. The second-order valence-corrected chi connectivity index (χ2v) is 5.46. The Kier molecular flexibility index (Phi) is 4.14. The van der Waals surface area contributed by atoms with Gasteiger partial charge in [-0.25, -0.2) is 0 Å². The molecule has 0 unspecified atom stereocenters. The maximum Gasteiger partial charge on any atom is 0.229 e. The Morgan fingerprint density at radius 1 is 1.28 bits per heavy atom. The lowest BCUT2D eigenvalue weighted by Gasteiger charge is -2.14. The highest BCUT2D eigenvalue weighted by atomic mass is 35.5. The minimum absolute atomic E-state index is 0.0901. The van der Waals surface area contributed by atoms with E-state index in [9.17, 15) is 9.59 Å². The monoisotopic (exact) mass is 284 g/mol. The Labute approximate surface area is 114 Å². The molecule has 2 rings (SSSR count). The van der Waals surface area contributed by atoms with Crippen LogP contribution in [0, 0.1) is 0 Å². The number of rotatable bonds is 4. The van der Waals surface area contributed by atoms with Crippen molar-refractivity contribution in [2.45, 2.75) is 17.7 Å².